The first-order valence-corrected chi connectivity index (χ1v) is 7.38. The van der Waals surface area contributed by atoms with Gasteiger partial charge < -0.3 is 0 Å². The summed E-state index contributed by atoms with van der Waals surface area (Å²) in [4.78, 5) is 0. The quantitative estimate of drug-likeness (QED) is 0.282. The van der Waals surface area contributed by atoms with Gasteiger partial charge in [0.2, 0.25) is 0 Å². The van der Waals surface area contributed by atoms with E-state index in [2.05, 4.69) is 36.6 Å². The third-order valence-electron chi connectivity index (χ3n) is 2.80. The summed E-state index contributed by atoms with van der Waals surface area (Å²) in [5, 5.41) is 0. The van der Waals surface area contributed by atoms with E-state index in [1.54, 1.807) is 0 Å². The van der Waals surface area contributed by atoms with Gasteiger partial charge in [0.05, 0.1) is 0 Å². The molecule has 16 heavy (non-hydrogen) atoms. The van der Waals surface area contributed by atoms with Crippen LogP contribution in [-0.4, -0.2) is 6.54 Å². The van der Waals surface area contributed by atoms with Gasteiger partial charge in [0.1, 0.15) is 0 Å². The Kier molecular flexibility index (Phi) is 15.1. The number of allylic oxidation sites excluding steroid dienone is 2. The molecule has 1 nitrogen and oxygen atoms in total. The van der Waals surface area contributed by atoms with E-state index in [9.17, 15) is 0 Å². The number of hydrogen-bond acceptors (Lipinski definition) is 2. The topological polar surface area (TPSA) is 12.0 Å². The summed E-state index contributed by atoms with van der Waals surface area (Å²) in [6, 6.07) is 0. The van der Waals surface area contributed by atoms with Gasteiger partial charge in [0.15, 0.2) is 0 Å². The van der Waals surface area contributed by atoms with E-state index in [0.717, 1.165) is 6.54 Å². The minimum atomic E-state index is 1.04. The molecular weight excluding hydrogens is 214 g/mol. The van der Waals surface area contributed by atoms with Crippen LogP contribution in [0.1, 0.15) is 71.1 Å². The van der Waals surface area contributed by atoms with E-state index in [0.29, 0.717) is 0 Å². The second-order valence-corrected chi connectivity index (χ2v) is 4.75. The molecular formula is C14H29NS. The summed E-state index contributed by atoms with van der Waals surface area (Å²) >= 11 is 3.97. The average molecular weight is 243 g/mol. The van der Waals surface area contributed by atoms with Crippen molar-refractivity contribution in [2.45, 2.75) is 71.1 Å². The zero-order valence-electron chi connectivity index (χ0n) is 10.9. The highest BCUT2D eigenvalue weighted by Crippen LogP contribution is 2.06. The fourth-order valence-electron chi connectivity index (χ4n) is 1.74. The van der Waals surface area contributed by atoms with Gasteiger partial charge in [-0.1, -0.05) is 64.0 Å². The number of unbranched alkanes of at least 4 members (excludes halogenated alkanes) is 8. The molecule has 2 heteroatoms. The first-order valence-electron chi connectivity index (χ1n) is 6.93. The summed E-state index contributed by atoms with van der Waals surface area (Å²) in [7, 11) is 0. The van der Waals surface area contributed by atoms with Crippen molar-refractivity contribution in [3.8, 4) is 0 Å². The van der Waals surface area contributed by atoms with Crippen LogP contribution in [-0.2, 0) is 0 Å². The fourth-order valence-corrected chi connectivity index (χ4v) is 1.90. The maximum atomic E-state index is 3.97. The first-order chi connectivity index (χ1) is 7.91. The smallest absolute Gasteiger partial charge is 0.00561 e. The fraction of sp³-hybridized carbons (Fsp3) is 0.857. The molecule has 0 atom stereocenters. The van der Waals surface area contributed by atoms with Gasteiger partial charge in [-0.2, -0.15) is 0 Å². The van der Waals surface area contributed by atoms with Crippen molar-refractivity contribution >= 4 is 12.8 Å². The highest BCUT2D eigenvalue weighted by Gasteiger charge is 1.88. The van der Waals surface area contributed by atoms with Crippen molar-refractivity contribution in [3.05, 3.63) is 12.2 Å². The molecule has 0 amide bonds. The van der Waals surface area contributed by atoms with Gasteiger partial charge in [0, 0.05) is 6.54 Å². The van der Waals surface area contributed by atoms with Crippen LogP contribution in [0.2, 0.25) is 0 Å². The van der Waals surface area contributed by atoms with E-state index in [4.69, 9.17) is 0 Å². The monoisotopic (exact) mass is 243 g/mol. The Hall–Kier alpha value is 0.0500. The van der Waals surface area contributed by atoms with E-state index in [1.807, 2.05) is 0 Å². The van der Waals surface area contributed by atoms with E-state index < -0.39 is 0 Å². The molecule has 1 N–H and O–H groups in total. The molecule has 96 valence electrons. The predicted molar refractivity (Wildman–Crippen MR) is 78.0 cm³/mol. The second kappa shape index (κ2) is 15.0. The Bertz CT molecular complexity index is 146. The zero-order chi connectivity index (χ0) is 11.9. The zero-order valence-corrected chi connectivity index (χ0v) is 11.8. The molecule has 0 aromatic carbocycles. The molecule has 0 aromatic heterocycles. The number of nitrogens with one attached hydrogen (secondary N) is 1. The van der Waals surface area contributed by atoms with Gasteiger partial charge in [-0.25, -0.2) is 0 Å². The maximum absolute atomic E-state index is 3.97. The van der Waals surface area contributed by atoms with Crippen LogP contribution in [0.25, 0.3) is 0 Å². The van der Waals surface area contributed by atoms with Gasteiger partial charge in [-0.3, -0.25) is 4.72 Å². The van der Waals surface area contributed by atoms with Crippen LogP contribution in [0.5, 0.6) is 0 Å². The van der Waals surface area contributed by atoms with Crippen LogP contribution in [0, 0.1) is 0 Å². The van der Waals surface area contributed by atoms with E-state index in [-0.39, 0.29) is 0 Å². The normalized spacial score (nSPS) is 11.4. The Labute approximate surface area is 108 Å². The first kappa shape index (κ1) is 16.1. The molecule has 0 fully saturated rings. The lowest BCUT2D eigenvalue weighted by molar-refractivity contribution is 0.642. The summed E-state index contributed by atoms with van der Waals surface area (Å²) in [5.74, 6) is 0. The molecule has 0 unspecified atom stereocenters. The van der Waals surface area contributed by atoms with Crippen molar-refractivity contribution in [3.63, 3.8) is 0 Å². The molecule has 0 aliphatic heterocycles. The predicted octanol–water partition coefficient (Wildman–Crippen LogP) is 4.90. The van der Waals surface area contributed by atoms with Crippen molar-refractivity contribution in [1.82, 2.24) is 4.72 Å². The Morgan fingerprint density at radius 3 is 1.94 bits per heavy atom. The molecule has 0 saturated heterocycles. The van der Waals surface area contributed by atoms with E-state index in [1.165, 1.54) is 64.2 Å². The van der Waals surface area contributed by atoms with Gasteiger partial charge in [-0.05, 0) is 32.1 Å². The van der Waals surface area contributed by atoms with Crippen molar-refractivity contribution in [2.75, 3.05) is 6.54 Å². The summed E-state index contributed by atoms with van der Waals surface area (Å²) in [5.41, 5.74) is 0. The lowest BCUT2D eigenvalue weighted by atomic mass is 10.1. The maximum Gasteiger partial charge on any atom is 0.00561 e. The average Bonchev–Trinajstić information content (AvgIpc) is 2.31. The highest BCUT2D eigenvalue weighted by molar-refractivity contribution is 7.78. The van der Waals surface area contributed by atoms with Crippen LogP contribution >= 0.6 is 12.8 Å². The van der Waals surface area contributed by atoms with Crippen molar-refractivity contribution in [2.24, 2.45) is 0 Å². The molecule has 0 saturated carbocycles. The lowest BCUT2D eigenvalue weighted by Gasteiger charge is -1.98. The molecule has 0 aliphatic rings. The largest absolute Gasteiger partial charge is 0.267 e. The second-order valence-electron chi connectivity index (χ2n) is 4.43. The number of rotatable bonds is 12. The van der Waals surface area contributed by atoms with Crippen LogP contribution < -0.4 is 4.72 Å². The summed E-state index contributed by atoms with van der Waals surface area (Å²) in [6.07, 6.45) is 18.1. The third kappa shape index (κ3) is 14.1. The Morgan fingerprint density at radius 1 is 0.812 bits per heavy atom. The third-order valence-corrected chi connectivity index (χ3v) is 3.02. The molecule has 0 aliphatic carbocycles. The molecule has 0 bridgehead atoms. The summed E-state index contributed by atoms with van der Waals surface area (Å²) < 4.78 is 2.88. The van der Waals surface area contributed by atoms with Crippen LogP contribution in [0.3, 0.4) is 0 Å². The molecule has 0 heterocycles. The van der Waals surface area contributed by atoms with Crippen LogP contribution in [0.4, 0.5) is 0 Å². The minimum absolute atomic E-state index is 1.04. The number of hydrogen-bond donors (Lipinski definition) is 2. The SMILES string of the molecule is CCCCCCC=CCCCCCCNS. The molecule has 0 radical (unpaired) electrons. The molecule has 0 spiro atoms. The molecule has 0 aromatic rings. The van der Waals surface area contributed by atoms with Crippen molar-refractivity contribution in [1.29, 1.82) is 0 Å². The minimum Gasteiger partial charge on any atom is -0.267 e. The van der Waals surface area contributed by atoms with Gasteiger partial charge in [0.25, 0.3) is 0 Å². The Balaban J connectivity index is 2.98. The summed E-state index contributed by atoms with van der Waals surface area (Å²) in [6.45, 7) is 3.30. The number of thiol groups is 1. The van der Waals surface area contributed by atoms with Gasteiger partial charge >= 0.3 is 0 Å². The standard InChI is InChI=1S/C14H29NS/c1-2-3-4-5-6-7-8-9-10-11-12-13-14-15-16/h7-8,15-16H,2-6,9-14H2,1H3. The van der Waals surface area contributed by atoms with Crippen molar-refractivity contribution < 1.29 is 0 Å². The van der Waals surface area contributed by atoms with Crippen LogP contribution in [0.15, 0.2) is 12.2 Å². The van der Waals surface area contributed by atoms with E-state index >= 15 is 0 Å². The lowest BCUT2D eigenvalue weighted by Crippen LogP contribution is -1.99. The highest BCUT2D eigenvalue weighted by atomic mass is 32.1. The molecule has 0 rings (SSSR count). The Morgan fingerprint density at radius 2 is 1.38 bits per heavy atom. The van der Waals surface area contributed by atoms with Gasteiger partial charge in [-0.15, -0.1) is 0 Å².